The summed E-state index contributed by atoms with van der Waals surface area (Å²) < 4.78 is 0. The zero-order chi connectivity index (χ0) is 19.1. The van der Waals surface area contributed by atoms with E-state index in [-0.39, 0.29) is 29.8 Å². The topological polar surface area (TPSA) is 58.2 Å². The summed E-state index contributed by atoms with van der Waals surface area (Å²) in [5, 5.41) is 6.12. The van der Waals surface area contributed by atoms with Gasteiger partial charge in [0.1, 0.15) is 0 Å². The van der Waals surface area contributed by atoms with Gasteiger partial charge >= 0.3 is 0 Å². The number of carbonyl (C=O) groups is 2. The molecular formula is C21H32N2O2S. The molecule has 2 N–H and O–H groups in total. The number of rotatable bonds is 7. The molecule has 1 aromatic carbocycles. The first kappa shape index (κ1) is 20.8. The first-order valence-corrected chi connectivity index (χ1v) is 10.6. The predicted octanol–water partition coefficient (Wildman–Crippen LogP) is 3.99. The van der Waals surface area contributed by atoms with Gasteiger partial charge in [0.15, 0.2) is 0 Å². The van der Waals surface area contributed by atoms with Crippen molar-refractivity contribution >= 4 is 23.6 Å². The van der Waals surface area contributed by atoms with Gasteiger partial charge in [0.2, 0.25) is 11.8 Å². The van der Waals surface area contributed by atoms with Crippen LogP contribution in [-0.2, 0) is 9.59 Å². The van der Waals surface area contributed by atoms with Crippen LogP contribution >= 0.6 is 11.8 Å². The molecule has 26 heavy (non-hydrogen) atoms. The maximum Gasteiger partial charge on any atom is 0.223 e. The fourth-order valence-electron chi connectivity index (χ4n) is 3.33. The van der Waals surface area contributed by atoms with E-state index >= 15 is 0 Å². The molecule has 2 amide bonds. The third-order valence-electron chi connectivity index (χ3n) is 4.92. The average Bonchev–Trinajstić information content (AvgIpc) is 2.57. The molecule has 0 radical (unpaired) electrons. The lowest BCUT2D eigenvalue weighted by Gasteiger charge is -2.29. The highest BCUT2D eigenvalue weighted by molar-refractivity contribution is 7.99. The first-order chi connectivity index (χ1) is 12.3. The smallest absolute Gasteiger partial charge is 0.223 e. The van der Waals surface area contributed by atoms with Gasteiger partial charge in [0.25, 0.3) is 0 Å². The van der Waals surface area contributed by atoms with Crippen molar-refractivity contribution in [3.8, 4) is 0 Å². The van der Waals surface area contributed by atoms with Crippen LogP contribution in [0.3, 0.4) is 0 Å². The summed E-state index contributed by atoms with van der Waals surface area (Å²) >= 11 is 1.72. The second kappa shape index (κ2) is 10.0. The van der Waals surface area contributed by atoms with Gasteiger partial charge in [-0.1, -0.05) is 12.5 Å². The molecule has 0 saturated heterocycles. The Labute approximate surface area is 161 Å². The van der Waals surface area contributed by atoms with Gasteiger partial charge in [-0.2, -0.15) is 0 Å². The average molecular weight is 377 g/mol. The maximum atomic E-state index is 12.3. The molecule has 1 aliphatic carbocycles. The van der Waals surface area contributed by atoms with Crippen molar-refractivity contribution < 1.29 is 9.59 Å². The highest BCUT2D eigenvalue weighted by atomic mass is 32.2. The minimum absolute atomic E-state index is 0.0290. The zero-order valence-corrected chi connectivity index (χ0v) is 17.2. The lowest BCUT2D eigenvalue weighted by Crippen LogP contribution is -2.43. The molecule has 2 unspecified atom stereocenters. The van der Waals surface area contributed by atoms with Crippen LogP contribution in [0.5, 0.6) is 0 Å². The Morgan fingerprint density at radius 1 is 1.19 bits per heavy atom. The highest BCUT2D eigenvalue weighted by Gasteiger charge is 2.28. The molecule has 5 heteroatoms. The maximum absolute atomic E-state index is 12.3. The molecule has 0 spiro atoms. The minimum atomic E-state index is 0.0290. The molecule has 2 atom stereocenters. The van der Waals surface area contributed by atoms with Crippen LogP contribution in [0.1, 0.15) is 57.1 Å². The number of thioether (sulfide) groups is 1. The van der Waals surface area contributed by atoms with Crippen LogP contribution < -0.4 is 10.6 Å². The molecule has 1 aliphatic rings. The zero-order valence-electron chi connectivity index (χ0n) is 16.4. The van der Waals surface area contributed by atoms with E-state index in [1.807, 2.05) is 13.8 Å². The quantitative estimate of drug-likeness (QED) is 0.708. The Bertz CT molecular complexity index is 630. The van der Waals surface area contributed by atoms with Crippen molar-refractivity contribution in [1.82, 2.24) is 10.6 Å². The number of carbonyl (C=O) groups excluding carboxylic acids is 2. The third kappa shape index (κ3) is 6.67. The van der Waals surface area contributed by atoms with Crippen LogP contribution in [0.15, 0.2) is 23.1 Å². The van der Waals surface area contributed by atoms with E-state index < -0.39 is 0 Å². The van der Waals surface area contributed by atoms with Crippen LogP contribution in [0.25, 0.3) is 0 Å². The van der Waals surface area contributed by atoms with Crippen molar-refractivity contribution in [2.45, 2.75) is 76.8 Å². The molecule has 0 aliphatic heterocycles. The van der Waals surface area contributed by atoms with Crippen molar-refractivity contribution in [2.24, 2.45) is 5.92 Å². The van der Waals surface area contributed by atoms with E-state index in [9.17, 15) is 9.59 Å². The summed E-state index contributed by atoms with van der Waals surface area (Å²) in [6.45, 7) is 8.18. The molecule has 1 fully saturated rings. The van der Waals surface area contributed by atoms with Gasteiger partial charge in [0, 0.05) is 35.1 Å². The fraction of sp³-hybridized carbons (Fsp3) is 0.619. The Morgan fingerprint density at radius 3 is 2.65 bits per heavy atom. The molecule has 0 aromatic heterocycles. The number of amides is 2. The van der Waals surface area contributed by atoms with E-state index in [0.717, 1.165) is 31.4 Å². The summed E-state index contributed by atoms with van der Waals surface area (Å²) in [6.07, 6.45) is 4.17. The summed E-state index contributed by atoms with van der Waals surface area (Å²) in [5.74, 6) is 1.03. The minimum Gasteiger partial charge on any atom is -0.354 e. The molecule has 1 saturated carbocycles. The van der Waals surface area contributed by atoms with E-state index in [4.69, 9.17) is 0 Å². The largest absolute Gasteiger partial charge is 0.354 e. The van der Waals surface area contributed by atoms with E-state index in [1.54, 1.807) is 11.8 Å². The standard InChI is InChI=1S/C21H32N2O2S/c1-14(2)22-21(25)17-6-5-7-18(13-17)23-20(24)10-11-26-19-9-8-15(3)16(4)12-19/h8-9,12,14,17-18H,5-7,10-11,13H2,1-4H3,(H,22,25)(H,23,24). The molecule has 2 rings (SSSR count). The van der Waals surface area contributed by atoms with Gasteiger partial charge < -0.3 is 10.6 Å². The Balaban J connectivity index is 1.73. The number of hydrogen-bond donors (Lipinski definition) is 2. The van der Waals surface area contributed by atoms with E-state index in [0.29, 0.717) is 6.42 Å². The highest BCUT2D eigenvalue weighted by Crippen LogP contribution is 2.25. The van der Waals surface area contributed by atoms with Crippen LogP contribution in [0.4, 0.5) is 0 Å². The van der Waals surface area contributed by atoms with Gasteiger partial charge in [-0.05, 0) is 70.2 Å². The second-order valence-electron chi connectivity index (χ2n) is 7.64. The van der Waals surface area contributed by atoms with Crippen molar-refractivity contribution in [2.75, 3.05) is 5.75 Å². The van der Waals surface area contributed by atoms with Gasteiger partial charge in [-0.25, -0.2) is 0 Å². The van der Waals surface area contributed by atoms with Gasteiger partial charge in [-0.3, -0.25) is 9.59 Å². The summed E-state index contributed by atoms with van der Waals surface area (Å²) in [7, 11) is 0. The van der Waals surface area contributed by atoms with Gasteiger partial charge in [-0.15, -0.1) is 11.8 Å². The summed E-state index contributed by atoms with van der Waals surface area (Å²) in [5.41, 5.74) is 2.58. The summed E-state index contributed by atoms with van der Waals surface area (Å²) in [4.78, 5) is 25.7. The number of nitrogens with one attached hydrogen (secondary N) is 2. The molecule has 1 aromatic rings. The molecule has 144 valence electrons. The van der Waals surface area contributed by atoms with E-state index in [2.05, 4.69) is 42.7 Å². The SMILES string of the molecule is Cc1ccc(SCCC(=O)NC2CCCC(C(=O)NC(C)C)C2)cc1C. The molecule has 0 bridgehead atoms. The second-order valence-corrected chi connectivity index (χ2v) is 8.80. The van der Waals surface area contributed by atoms with E-state index in [1.165, 1.54) is 16.0 Å². The van der Waals surface area contributed by atoms with Crippen molar-refractivity contribution in [3.63, 3.8) is 0 Å². The van der Waals surface area contributed by atoms with Crippen molar-refractivity contribution in [1.29, 1.82) is 0 Å². The van der Waals surface area contributed by atoms with Crippen LogP contribution in [0.2, 0.25) is 0 Å². The number of aryl methyl sites for hydroxylation is 2. The molecule has 4 nitrogen and oxygen atoms in total. The Morgan fingerprint density at radius 2 is 1.96 bits per heavy atom. The third-order valence-corrected chi connectivity index (χ3v) is 5.91. The number of benzene rings is 1. The number of hydrogen-bond acceptors (Lipinski definition) is 3. The summed E-state index contributed by atoms with van der Waals surface area (Å²) in [6, 6.07) is 6.72. The van der Waals surface area contributed by atoms with Crippen LogP contribution in [0, 0.1) is 19.8 Å². The first-order valence-electron chi connectivity index (χ1n) is 9.65. The van der Waals surface area contributed by atoms with Crippen LogP contribution in [-0.4, -0.2) is 29.7 Å². The van der Waals surface area contributed by atoms with Crippen molar-refractivity contribution in [3.05, 3.63) is 29.3 Å². The Hall–Kier alpha value is -1.49. The lowest BCUT2D eigenvalue weighted by atomic mass is 9.85. The normalized spacial score (nSPS) is 20.0. The fourth-order valence-corrected chi connectivity index (χ4v) is 4.27. The Kier molecular flexibility index (Phi) is 8.01. The predicted molar refractivity (Wildman–Crippen MR) is 108 cm³/mol. The molecular weight excluding hydrogens is 344 g/mol. The molecule has 0 heterocycles. The lowest BCUT2D eigenvalue weighted by molar-refractivity contribution is -0.128. The van der Waals surface area contributed by atoms with Gasteiger partial charge in [0.05, 0.1) is 0 Å². The monoisotopic (exact) mass is 376 g/mol.